The van der Waals surface area contributed by atoms with Crippen LogP contribution in [-0.4, -0.2) is 51.4 Å². The van der Waals surface area contributed by atoms with E-state index in [1.165, 1.54) is 21.3 Å². The van der Waals surface area contributed by atoms with Crippen molar-refractivity contribution in [2.45, 2.75) is 31.9 Å². The fraction of sp³-hybridized carbons (Fsp3) is 0.385. The Morgan fingerprint density at radius 1 is 1.03 bits per heavy atom. The van der Waals surface area contributed by atoms with Gasteiger partial charge in [-0.1, -0.05) is 11.6 Å². The van der Waals surface area contributed by atoms with E-state index in [2.05, 4.69) is 0 Å². The van der Waals surface area contributed by atoms with Gasteiger partial charge in [-0.2, -0.15) is 0 Å². The molecule has 1 saturated heterocycles. The number of ether oxygens (including phenoxy) is 4. The maximum Gasteiger partial charge on any atom is 0.291 e. The first-order valence-corrected chi connectivity index (χ1v) is 11.3. The van der Waals surface area contributed by atoms with Crippen LogP contribution in [0.1, 0.15) is 46.1 Å². The van der Waals surface area contributed by atoms with E-state index in [1.54, 1.807) is 29.2 Å². The van der Waals surface area contributed by atoms with Gasteiger partial charge in [0.2, 0.25) is 11.5 Å². The van der Waals surface area contributed by atoms with Crippen molar-refractivity contribution in [1.82, 2.24) is 4.90 Å². The van der Waals surface area contributed by atoms with Gasteiger partial charge in [0.15, 0.2) is 16.9 Å². The summed E-state index contributed by atoms with van der Waals surface area (Å²) in [6.07, 6.45) is 1.69. The minimum atomic E-state index is -0.679. The van der Waals surface area contributed by atoms with Gasteiger partial charge in [0, 0.05) is 13.2 Å². The lowest BCUT2D eigenvalue weighted by Gasteiger charge is -2.28. The first-order chi connectivity index (χ1) is 16.5. The summed E-state index contributed by atoms with van der Waals surface area (Å²) < 4.78 is 28.4. The summed E-state index contributed by atoms with van der Waals surface area (Å²) in [5, 5.41) is 0.447. The molecule has 2 aromatic carbocycles. The molecule has 3 aromatic rings. The number of amides is 1. The summed E-state index contributed by atoms with van der Waals surface area (Å²) in [6.45, 7) is 2.92. The van der Waals surface area contributed by atoms with Gasteiger partial charge in [-0.15, -0.1) is 0 Å². The molecule has 5 rings (SSSR count). The smallest absolute Gasteiger partial charge is 0.291 e. The number of carbonyl (C=O) groups excluding carboxylic acids is 1. The van der Waals surface area contributed by atoms with Crippen molar-refractivity contribution in [3.63, 3.8) is 0 Å². The van der Waals surface area contributed by atoms with Gasteiger partial charge in [-0.25, -0.2) is 0 Å². The highest BCUT2D eigenvalue weighted by Gasteiger charge is 2.44. The highest BCUT2D eigenvalue weighted by molar-refractivity contribution is 5.99. The Kier molecular flexibility index (Phi) is 5.69. The lowest BCUT2D eigenvalue weighted by atomic mass is 9.97. The summed E-state index contributed by atoms with van der Waals surface area (Å²) in [5.41, 5.74) is 2.09. The minimum Gasteiger partial charge on any atom is -0.493 e. The van der Waals surface area contributed by atoms with Gasteiger partial charge in [0.05, 0.1) is 44.4 Å². The molecule has 8 nitrogen and oxygen atoms in total. The quantitative estimate of drug-likeness (QED) is 0.546. The van der Waals surface area contributed by atoms with Gasteiger partial charge in [-0.3, -0.25) is 9.59 Å². The molecule has 0 aliphatic carbocycles. The number of hydrogen-bond acceptors (Lipinski definition) is 7. The van der Waals surface area contributed by atoms with E-state index in [9.17, 15) is 9.59 Å². The van der Waals surface area contributed by atoms with E-state index < -0.39 is 6.04 Å². The third kappa shape index (κ3) is 3.49. The van der Waals surface area contributed by atoms with Crippen molar-refractivity contribution >= 4 is 16.9 Å². The zero-order valence-corrected chi connectivity index (χ0v) is 19.7. The zero-order valence-electron chi connectivity index (χ0n) is 19.7. The second-order valence-electron chi connectivity index (χ2n) is 8.63. The first kappa shape index (κ1) is 22.3. The van der Waals surface area contributed by atoms with Crippen LogP contribution in [0.3, 0.4) is 0 Å². The Hall–Kier alpha value is -3.52. The molecule has 1 amide bonds. The van der Waals surface area contributed by atoms with Crippen molar-refractivity contribution in [2.75, 3.05) is 34.5 Å². The molecule has 0 bridgehead atoms. The summed E-state index contributed by atoms with van der Waals surface area (Å²) in [5.74, 6) is 1.05. The predicted octanol–water partition coefficient (Wildman–Crippen LogP) is 3.85. The second-order valence-corrected chi connectivity index (χ2v) is 8.63. The SMILES string of the molecule is COc1cc([C@@H]2c3c(oc4ccc(C)cc4c3=O)C(=O)N2C[C@H]2CCCO2)cc(OC)c1OC. The van der Waals surface area contributed by atoms with E-state index in [0.29, 0.717) is 52.5 Å². The molecular formula is C26H27NO7. The van der Waals surface area contributed by atoms with Gasteiger partial charge >= 0.3 is 0 Å². The molecule has 0 N–H and O–H groups in total. The molecule has 2 aliphatic rings. The Balaban J connectivity index is 1.75. The van der Waals surface area contributed by atoms with Gasteiger partial charge in [0.25, 0.3) is 5.91 Å². The second kappa shape index (κ2) is 8.68. The van der Waals surface area contributed by atoms with Crippen LogP contribution in [-0.2, 0) is 4.74 Å². The van der Waals surface area contributed by atoms with Crippen LogP contribution >= 0.6 is 0 Å². The monoisotopic (exact) mass is 465 g/mol. The number of methoxy groups -OCH3 is 3. The fourth-order valence-corrected chi connectivity index (χ4v) is 4.94. The average molecular weight is 466 g/mol. The molecule has 0 unspecified atom stereocenters. The number of hydrogen-bond donors (Lipinski definition) is 0. The Morgan fingerprint density at radius 3 is 2.38 bits per heavy atom. The van der Waals surface area contributed by atoms with Crippen LogP contribution in [0.25, 0.3) is 11.0 Å². The van der Waals surface area contributed by atoms with Crippen molar-refractivity contribution in [3.8, 4) is 17.2 Å². The largest absolute Gasteiger partial charge is 0.493 e. The maximum atomic E-state index is 13.8. The van der Waals surface area contributed by atoms with Crippen molar-refractivity contribution < 1.29 is 28.2 Å². The van der Waals surface area contributed by atoms with Crippen molar-refractivity contribution in [2.24, 2.45) is 0 Å². The first-order valence-electron chi connectivity index (χ1n) is 11.3. The molecule has 3 heterocycles. The molecule has 8 heteroatoms. The highest BCUT2D eigenvalue weighted by atomic mass is 16.5. The molecule has 0 saturated carbocycles. The number of nitrogens with zero attached hydrogens (tertiary/aromatic N) is 1. The van der Waals surface area contributed by atoms with Gasteiger partial charge in [0.1, 0.15) is 5.58 Å². The number of benzene rings is 2. The summed E-state index contributed by atoms with van der Waals surface area (Å²) in [7, 11) is 4.59. The van der Waals surface area contributed by atoms with Crippen LogP contribution in [0.2, 0.25) is 0 Å². The number of fused-ring (bicyclic) bond motifs is 2. The van der Waals surface area contributed by atoms with E-state index in [0.717, 1.165) is 18.4 Å². The predicted molar refractivity (Wildman–Crippen MR) is 125 cm³/mol. The fourth-order valence-electron chi connectivity index (χ4n) is 4.94. The molecule has 34 heavy (non-hydrogen) atoms. The van der Waals surface area contributed by atoms with Gasteiger partial charge < -0.3 is 28.3 Å². The molecule has 0 spiro atoms. The third-order valence-electron chi connectivity index (χ3n) is 6.55. The molecule has 2 aliphatic heterocycles. The van der Waals surface area contributed by atoms with E-state index >= 15 is 0 Å². The Morgan fingerprint density at radius 2 is 1.76 bits per heavy atom. The molecule has 0 radical (unpaired) electrons. The number of carbonyl (C=O) groups is 1. The van der Waals surface area contributed by atoms with Gasteiger partial charge in [-0.05, 0) is 49.6 Å². The van der Waals surface area contributed by atoms with Crippen LogP contribution in [0.5, 0.6) is 17.2 Å². The minimum absolute atomic E-state index is 0.0677. The van der Waals surface area contributed by atoms with Crippen molar-refractivity contribution in [3.05, 3.63) is 63.0 Å². The van der Waals surface area contributed by atoms with E-state index in [1.807, 2.05) is 13.0 Å². The topological polar surface area (TPSA) is 87.4 Å². The molecule has 178 valence electrons. The van der Waals surface area contributed by atoms with E-state index in [-0.39, 0.29) is 23.2 Å². The Labute approximate surface area is 197 Å². The van der Waals surface area contributed by atoms with Crippen LogP contribution < -0.4 is 19.6 Å². The lowest BCUT2D eigenvalue weighted by Crippen LogP contribution is -2.36. The van der Waals surface area contributed by atoms with Crippen LogP contribution in [0.15, 0.2) is 39.5 Å². The highest BCUT2D eigenvalue weighted by Crippen LogP contribution is 2.45. The number of rotatable bonds is 6. The molecule has 1 aromatic heterocycles. The summed E-state index contributed by atoms with van der Waals surface area (Å²) >= 11 is 0. The lowest BCUT2D eigenvalue weighted by molar-refractivity contribution is 0.0486. The summed E-state index contributed by atoms with van der Waals surface area (Å²) in [6, 6.07) is 8.25. The molecular weight excluding hydrogens is 438 g/mol. The van der Waals surface area contributed by atoms with Crippen LogP contribution in [0.4, 0.5) is 0 Å². The van der Waals surface area contributed by atoms with E-state index in [4.69, 9.17) is 23.4 Å². The zero-order chi connectivity index (χ0) is 24.0. The average Bonchev–Trinajstić information content (AvgIpc) is 3.46. The van der Waals surface area contributed by atoms with Crippen molar-refractivity contribution in [1.29, 1.82) is 0 Å². The summed E-state index contributed by atoms with van der Waals surface area (Å²) in [4.78, 5) is 29.0. The molecule has 2 atom stereocenters. The standard InChI is InChI=1S/C26H27NO7/c1-14-7-8-18-17(10-14)23(28)21-22(15-11-19(30-2)24(32-4)20(12-15)31-3)27(26(29)25(21)34-18)13-16-6-5-9-33-16/h7-8,10-12,16,22H,5-6,9,13H2,1-4H3/t16-,22-/m1/s1. The van der Waals surface area contributed by atoms with Crippen LogP contribution in [0, 0.1) is 6.92 Å². The number of aryl methyl sites for hydroxylation is 1. The molecule has 1 fully saturated rings. The normalized spacial score (nSPS) is 19.5. The Bertz CT molecular complexity index is 1300. The third-order valence-corrected chi connectivity index (χ3v) is 6.55. The maximum absolute atomic E-state index is 13.8.